The van der Waals surface area contributed by atoms with Gasteiger partial charge in [0.1, 0.15) is 11.3 Å². The number of aromatic carboxylic acids is 1. The molecular formula is C15H15NO5. The molecule has 110 valence electrons. The maximum atomic E-state index is 11.2. The molecule has 0 aliphatic carbocycles. The van der Waals surface area contributed by atoms with Crippen molar-refractivity contribution in [3.63, 3.8) is 0 Å². The summed E-state index contributed by atoms with van der Waals surface area (Å²) in [6.07, 6.45) is 0. The van der Waals surface area contributed by atoms with Crippen molar-refractivity contribution in [2.24, 2.45) is 0 Å². The molecule has 0 aliphatic rings. The van der Waals surface area contributed by atoms with Crippen LogP contribution in [0.4, 0.5) is 5.69 Å². The summed E-state index contributed by atoms with van der Waals surface area (Å²) in [6.45, 7) is 0. The highest BCUT2D eigenvalue weighted by Crippen LogP contribution is 2.41. The number of ether oxygens (including phenoxy) is 3. The second-order valence-corrected chi connectivity index (χ2v) is 4.15. The van der Waals surface area contributed by atoms with Crippen LogP contribution in [0.5, 0.6) is 23.0 Å². The number of carboxylic acids is 1. The fourth-order valence-electron chi connectivity index (χ4n) is 1.83. The highest BCUT2D eigenvalue weighted by atomic mass is 16.5. The smallest absolute Gasteiger partial charge is 0.339 e. The first-order valence-corrected chi connectivity index (χ1v) is 6.08. The predicted molar refractivity (Wildman–Crippen MR) is 77.4 cm³/mol. The van der Waals surface area contributed by atoms with Gasteiger partial charge in [-0.1, -0.05) is 6.07 Å². The minimum atomic E-state index is -1.11. The Morgan fingerprint density at radius 1 is 1.05 bits per heavy atom. The predicted octanol–water partition coefficient (Wildman–Crippen LogP) is 2.78. The van der Waals surface area contributed by atoms with Gasteiger partial charge >= 0.3 is 5.97 Å². The average Bonchev–Trinajstić information content (AvgIpc) is 2.47. The Morgan fingerprint density at radius 2 is 1.67 bits per heavy atom. The van der Waals surface area contributed by atoms with Gasteiger partial charge in [0, 0.05) is 11.8 Å². The molecule has 0 atom stereocenters. The van der Waals surface area contributed by atoms with Crippen molar-refractivity contribution in [1.82, 2.24) is 0 Å². The number of carboxylic acid groups (broad SMARTS) is 1. The zero-order valence-corrected chi connectivity index (χ0v) is 11.6. The van der Waals surface area contributed by atoms with E-state index in [1.807, 2.05) is 0 Å². The molecule has 0 saturated carbocycles. The summed E-state index contributed by atoms with van der Waals surface area (Å²) in [5.74, 6) is 0.140. The molecule has 21 heavy (non-hydrogen) atoms. The molecule has 0 aromatic heterocycles. The van der Waals surface area contributed by atoms with Crippen LogP contribution in [0, 0.1) is 0 Å². The lowest BCUT2D eigenvalue weighted by atomic mass is 10.2. The Morgan fingerprint density at radius 3 is 2.19 bits per heavy atom. The lowest BCUT2D eigenvalue weighted by Crippen LogP contribution is -2.02. The molecule has 0 fully saturated rings. The fraction of sp³-hybridized carbons (Fsp3) is 0.133. The van der Waals surface area contributed by atoms with Gasteiger partial charge in [0.2, 0.25) is 5.75 Å². The van der Waals surface area contributed by atoms with E-state index in [1.54, 1.807) is 18.2 Å². The maximum absolute atomic E-state index is 11.2. The number of nitrogen functional groups attached to an aromatic ring is 1. The van der Waals surface area contributed by atoms with Gasteiger partial charge in [0.15, 0.2) is 11.5 Å². The van der Waals surface area contributed by atoms with Crippen molar-refractivity contribution < 1.29 is 24.1 Å². The van der Waals surface area contributed by atoms with Gasteiger partial charge < -0.3 is 25.1 Å². The third-order valence-corrected chi connectivity index (χ3v) is 2.83. The maximum Gasteiger partial charge on any atom is 0.339 e. The summed E-state index contributed by atoms with van der Waals surface area (Å²) in [6, 6.07) is 9.43. The first-order valence-electron chi connectivity index (χ1n) is 6.08. The minimum absolute atomic E-state index is 0.00263. The van der Waals surface area contributed by atoms with Gasteiger partial charge in [-0.25, -0.2) is 4.79 Å². The highest BCUT2D eigenvalue weighted by molar-refractivity contribution is 5.91. The molecule has 2 rings (SSSR count). The number of hydrogen-bond donors (Lipinski definition) is 2. The lowest BCUT2D eigenvalue weighted by Gasteiger charge is -2.15. The molecule has 0 amide bonds. The van der Waals surface area contributed by atoms with Gasteiger partial charge in [-0.05, 0) is 24.3 Å². The molecule has 6 heteroatoms. The Balaban J connectivity index is 2.52. The minimum Gasteiger partial charge on any atom is -0.493 e. The van der Waals surface area contributed by atoms with Crippen LogP contribution in [0.1, 0.15) is 10.4 Å². The molecule has 0 aliphatic heterocycles. The number of nitrogens with two attached hydrogens (primary N) is 1. The van der Waals surface area contributed by atoms with Crippen molar-refractivity contribution in [2.75, 3.05) is 20.0 Å². The number of para-hydroxylation sites is 1. The van der Waals surface area contributed by atoms with Gasteiger partial charge in [-0.2, -0.15) is 0 Å². The lowest BCUT2D eigenvalue weighted by molar-refractivity contribution is 0.0694. The third-order valence-electron chi connectivity index (χ3n) is 2.83. The van der Waals surface area contributed by atoms with Crippen molar-refractivity contribution in [1.29, 1.82) is 0 Å². The zero-order valence-electron chi connectivity index (χ0n) is 11.6. The number of rotatable bonds is 5. The molecule has 0 radical (unpaired) electrons. The average molecular weight is 289 g/mol. The van der Waals surface area contributed by atoms with E-state index in [0.717, 1.165) is 0 Å². The van der Waals surface area contributed by atoms with Crippen molar-refractivity contribution in [3.05, 3.63) is 42.0 Å². The van der Waals surface area contributed by atoms with Crippen LogP contribution in [-0.2, 0) is 0 Å². The molecule has 0 unspecified atom stereocenters. The Hall–Kier alpha value is -2.89. The van der Waals surface area contributed by atoms with Crippen molar-refractivity contribution >= 4 is 11.7 Å². The van der Waals surface area contributed by atoms with Gasteiger partial charge in [-0.3, -0.25) is 0 Å². The number of carbonyl (C=O) groups is 1. The summed E-state index contributed by atoms with van der Waals surface area (Å²) in [5.41, 5.74) is 6.08. The van der Waals surface area contributed by atoms with Crippen LogP contribution in [-0.4, -0.2) is 25.3 Å². The summed E-state index contributed by atoms with van der Waals surface area (Å²) in [5, 5.41) is 9.20. The SMILES string of the molecule is COc1cccc(OC)c1Oc1cc(N)ccc1C(=O)O. The normalized spacial score (nSPS) is 10.0. The van der Waals surface area contributed by atoms with Gasteiger partial charge in [-0.15, -0.1) is 0 Å². The van der Waals surface area contributed by atoms with Crippen LogP contribution in [0.3, 0.4) is 0 Å². The number of benzene rings is 2. The quantitative estimate of drug-likeness (QED) is 0.822. The second kappa shape index (κ2) is 6.04. The van der Waals surface area contributed by atoms with Gasteiger partial charge in [0.25, 0.3) is 0 Å². The summed E-state index contributed by atoms with van der Waals surface area (Å²) >= 11 is 0. The largest absolute Gasteiger partial charge is 0.493 e. The molecule has 0 bridgehead atoms. The van der Waals surface area contributed by atoms with E-state index in [1.165, 1.54) is 32.4 Å². The van der Waals surface area contributed by atoms with Crippen LogP contribution >= 0.6 is 0 Å². The van der Waals surface area contributed by atoms with Crippen LogP contribution in [0.25, 0.3) is 0 Å². The van der Waals surface area contributed by atoms with E-state index in [4.69, 9.17) is 19.9 Å². The monoisotopic (exact) mass is 289 g/mol. The fourth-order valence-corrected chi connectivity index (χ4v) is 1.83. The van der Waals surface area contributed by atoms with E-state index < -0.39 is 5.97 Å². The van der Waals surface area contributed by atoms with E-state index in [9.17, 15) is 9.90 Å². The van der Waals surface area contributed by atoms with Crippen molar-refractivity contribution in [2.45, 2.75) is 0 Å². The standard InChI is InChI=1S/C15H15NO5/c1-19-11-4-3-5-12(20-2)14(11)21-13-8-9(16)6-7-10(13)15(17)18/h3-8H,16H2,1-2H3,(H,17,18). The first kappa shape index (κ1) is 14.5. The molecule has 0 saturated heterocycles. The van der Waals surface area contributed by atoms with E-state index in [-0.39, 0.29) is 17.1 Å². The van der Waals surface area contributed by atoms with E-state index in [0.29, 0.717) is 17.2 Å². The van der Waals surface area contributed by atoms with Crippen LogP contribution in [0.15, 0.2) is 36.4 Å². The highest BCUT2D eigenvalue weighted by Gasteiger charge is 2.17. The molecule has 6 nitrogen and oxygen atoms in total. The second-order valence-electron chi connectivity index (χ2n) is 4.15. The van der Waals surface area contributed by atoms with Crippen LogP contribution < -0.4 is 19.9 Å². The third kappa shape index (κ3) is 3.00. The Bertz CT molecular complexity index is 647. The molecule has 2 aromatic carbocycles. The Kier molecular flexibility index (Phi) is 4.18. The Labute approximate surface area is 121 Å². The number of methoxy groups -OCH3 is 2. The molecular weight excluding hydrogens is 274 g/mol. The molecule has 0 heterocycles. The summed E-state index contributed by atoms with van der Waals surface area (Å²) in [4.78, 5) is 11.2. The molecule has 0 spiro atoms. The van der Waals surface area contributed by atoms with E-state index in [2.05, 4.69) is 0 Å². The molecule has 3 N–H and O–H groups in total. The topological polar surface area (TPSA) is 91.0 Å². The van der Waals surface area contributed by atoms with E-state index >= 15 is 0 Å². The van der Waals surface area contributed by atoms with Gasteiger partial charge in [0.05, 0.1) is 14.2 Å². The summed E-state index contributed by atoms with van der Waals surface area (Å²) in [7, 11) is 2.97. The summed E-state index contributed by atoms with van der Waals surface area (Å²) < 4.78 is 16.1. The van der Waals surface area contributed by atoms with Crippen LogP contribution in [0.2, 0.25) is 0 Å². The number of anilines is 1. The zero-order chi connectivity index (χ0) is 15.4. The molecule has 2 aromatic rings. The number of hydrogen-bond acceptors (Lipinski definition) is 5. The first-order chi connectivity index (χ1) is 10.1. The van der Waals surface area contributed by atoms with Crippen molar-refractivity contribution in [3.8, 4) is 23.0 Å².